The number of anilines is 1. The summed E-state index contributed by atoms with van der Waals surface area (Å²) in [4.78, 5) is 5.14. The van der Waals surface area contributed by atoms with Crippen LogP contribution in [0, 0.1) is 5.92 Å². The first-order valence-electron chi connectivity index (χ1n) is 8.09. The van der Waals surface area contributed by atoms with Gasteiger partial charge in [-0.2, -0.15) is 0 Å². The highest BCUT2D eigenvalue weighted by atomic mass is 15.3. The van der Waals surface area contributed by atoms with Crippen LogP contribution < -0.4 is 10.6 Å². The molecule has 1 aromatic carbocycles. The van der Waals surface area contributed by atoms with Gasteiger partial charge in [-0.15, -0.1) is 0 Å². The van der Waals surface area contributed by atoms with E-state index in [9.17, 15) is 0 Å². The fourth-order valence-electron chi connectivity index (χ4n) is 3.02. The SMILES string of the molecule is CCC(N)c1ccc(N2CCN(CC3CC3)CC2)cc1. The van der Waals surface area contributed by atoms with E-state index < -0.39 is 0 Å². The molecule has 1 aliphatic carbocycles. The molecule has 1 saturated carbocycles. The minimum absolute atomic E-state index is 0.180. The van der Waals surface area contributed by atoms with Crippen LogP contribution in [-0.2, 0) is 0 Å². The van der Waals surface area contributed by atoms with Gasteiger partial charge < -0.3 is 10.6 Å². The third kappa shape index (κ3) is 3.33. The Morgan fingerprint density at radius 2 is 1.75 bits per heavy atom. The van der Waals surface area contributed by atoms with E-state index in [0.717, 1.165) is 25.4 Å². The molecule has 0 radical (unpaired) electrons. The number of hydrogen-bond donors (Lipinski definition) is 1. The molecule has 0 bridgehead atoms. The molecule has 2 N–H and O–H groups in total. The van der Waals surface area contributed by atoms with Crippen molar-refractivity contribution in [3.05, 3.63) is 29.8 Å². The summed E-state index contributed by atoms with van der Waals surface area (Å²) in [5, 5.41) is 0. The molecule has 1 aliphatic heterocycles. The van der Waals surface area contributed by atoms with Crippen molar-refractivity contribution in [3.8, 4) is 0 Å². The molecule has 0 aromatic heterocycles. The molecule has 110 valence electrons. The monoisotopic (exact) mass is 273 g/mol. The molecule has 3 rings (SSSR count). The molecule has 0 spiro atoms. The van der Waals surface area contributed by atoms with Gasteiger partial charge in [0, 0.05) is 44.5 Å². The summed E-state index contributed by atoms with van der Waals surface area (Å²) in [6, 6.07) is 9.04. The first kappa shape index (κ1) is 13.9. The van der Waals surface area contributed by atoms with Crippen LogP contribution in [0.3, 0.4) is 0 Å². The van der Waals surface area contributed by atoms with Crippen LogP contribution in [0.5, 0.6) is 0 Å². The van der Waals surface area contributed by atoms with Crippen LogP contribution in [0.4, 0.5) is 5.69 Å². The smallest absolute Gasteiger partial charge is 0.0367 e. The molecular weight excluding hydrogens is 246 g/mol. The average Bonchev–Trinajstić information content (AvgIpc) is 3.31. The summed E-state index contributed by atoms with van der Waals surface area (Å²) < 4.78 is 0. The molecule has 20 heavy (non-hydrogen) atoms. The van der Waals surface area contributed by atoms with E-state index in [2.05, 4.69) is 41.0 Å². The minimum Gasteiger partial charge on any atom is -0.369 e. The van der Waals surface area contributed by atoms with Gasteiger partial charge in [0.2, 0.25) is 0 Å². The van der Waals surface area contributed by atoms with Crippen molar-refractivity contribution in [2.24, 2.45) is 11.7 Å². The van der Waals surface area contributed by atoms with Gasteiger partial charge in [-0.25, -0.2) is 0 Å². The highest BCUT2D eigenvalue weighted by Crippen LogP contribution is 2.30. The lowest BCUT2D eigenvalue weighted by Crippen LogP contribution is -2.47. The Labute approximate surface area is 122 Å². The standard InChI is InChI=1S/C17H27N3/c1-2-17(18)15-5-7-16(8-6-15)20-11-9-19(10-12-20)13-14-3-4-14/h5-8,14,17H,2-4,9-13,18H2,1H3. The summed E-state index contributed by atoms with van der Waals surface area (Å²) in [7, 11) is 0. The fraction of sp³-hybridized carbons (Fsp3) is 0.647. The first-order valence-corrected chi connectivity index (χ1v) is 8.09. The Balaban J connectivity index is 1.54. The van der Waals surface area contributed by atoms with Crippen LogP contribution >= 0.6 is 0 Å². The lowest BCUT2D eigenvalue weighted by Gasteiger charge is -2.36. The molecule has 2 fully saturated rings. The summed E-state index contributed by atoms with van der Waals surface area (Å²) in [6.07, 6.45) is 3.91. The van der Waals surface area contributed by atoms with E-state index >= 15 is 0 Å². The maximum absolute atomic E-state index is 6.07. The summed E-state index contributed by atoms with van der Waals surface area (Å²) in [5.74, 6) is 1.01. The minimum atomic E-state index is 0.180. The highest BCUT2D eigenvalue weighted by molar-refractivity contribution is 5.48. The maximum atomic E-state index is 6.07. The summed E-state index contributed by atoms with van der Waals surface area (Å²) >= 11 is 0. The van der Waals surface area contributed by atoms with E-state index in [0.29, 0.717) is 0 Å². The van der Waals surface area contributed by atoms with Crippen LogP contribution in [-0.4, -0.2) is 37.6 Å². The van der Waals surface area contributed by atoms with Crippen molar-refractivity contribution >= 4 is 5.69 Å². The van der Waals surface area contributed by atoms with E-state index in [1.54, 1.807) is 0 Å². The Kier molecular flexibility index (Phi) is 4.27. The normalized spacial score (nSPS) is 22.0. The zero-order valence-corrected chi connectivity index (χ0v) is 12.6. The van der Waals surface area contributed by atoms with E-state index in [1.165, 1.54) is 43.7 Å². The van der Waals surface area contributed by atoms with Gasteiger partial charge >= 0.3 is 0 Å². The van der Waals surface area contributed by atoms with Gasteiger partial charge in [-0.05, 0) is 42.9 Å². The van der Waals surface area contributed by atoms with Crippen molar-refractivity contribution in [2.45, 2.75) is 32.2 Å². The molecule has 3 heteroatoms. The van der Waals surface area contributed by atoms with Crippen LogP contribution in [0.15, 0.2) is 24.3 Å². The molecule has 1 saturated heterocycles. The number of piperazine rings is 1. The quantitative estimate of drug-likeness (QED) is 0.895. The molecule has 1 aromatic rings. The van der Waals surface area contributed by atoms with Crippen molar-refractivity contribution in [1.29, 1.82) is 0 Å². The first-order chi connectivity index (χ1) is 9.76. The Morgan fingerprint density at radius 3 is 2.30 bits per heavy atom. The van der Waals surface area contributed by atoms with Crippen LogP contribution in [0.2, 0.25) is 0 Å². The third-order valence-electron chi connectivity index (χ3n) is 4.71. The molecule has 0 amide bonds. The second-order valence-electron chi connectivity index (χ2n) is 6.34. The van der Waals surface area contributed by atoms with E-state index in [-0.39, 0.29) is 6.04 Å². The average molecular weight is 273 g/mol. The second-order valence-corrected chi connectivity index (χ2v) is 6.34. The van der Waals surface area contributed by atoms with Crippen LogP contribution in [0.25, 0.3) is 0 Å². The lowest BCUT2D eigenvalue weighted by atomic mass is 10.0. The lowest BCUT2D eigenvalue weighted by molar-refractivity contribution is 0.248. The van der Waals surface area contributed by atoms with Crippen molar-refractivity contribution in [2.75, 3.05) is 37.6 Å². The van der Waals surface area contributed by atoms with E-state index in [4.69, 9.17) is 5.73 Å². The highest BCUT2D eigenvalue weighted by Gasteiger charge is 2.26. The van der Waals surface area contributed by atoms with Gasteiger partial charge in [-0.1, -0.05) is 19.1 Å². The molecule has 1 atom stereocenters. The fourth-order valence-corrected chi connectivity index (χ4v) is 3.02. The molecule has 3 nitrogen and oxygen atoms in total. The Bertz CT molecular complexity index is 416. The number of rotatable bonds is 5. The molecular formula is C17H27N3. The number of benzene rings is 1. The topological polar surface area (TPSA) is 32.5 Å². The molecule has 2 aliphatic rings. The van der Waals surface area contributed by atoms with Gasteiger partial charge in [0.05, 0.1) is 0 Å². The van der Waals surface area contributed by atoms with Crippen molar-refractivity contribution in [1.82, 2.24) is 4.90 Å². The number of nitrogens with zero attached hydrogens (tertiary/aromatic N) is 2. The zero-order chi connectivity index (χ0) is 13.9. The number of nitrogens with two attached hydrogens (primary N) is 1. The van der Waals surface area contributed by atoms with Gasteiger partial charge in [0.1, 0.15) is 0 Å². The largest absolute Gasteiger partial charge is 0.369 e. The van der Waals surface area contributed by atoms with Gasteiger partial charge in [-0.3, -0.25) is 4.90 Å². The van der Waals surface area contributed by atoms with Gasteiger partial charge in [0.15, 0.2) is 0 Å². The Hall–Kier alpha value is -1.06. The maximum Gasteiger partial charge on any atom is 0.0367 e. The summed E-state index contributed by atoms with van der Waals surface area (Å²) in [5.41, 5.74) is 8.68. The number of hydrogen-bond acceptors (Lipinski definition) is 3. The zero-order valence-electron chi connectivity index (χ0n) is 12.6. The van der Waals surface area contributed by atoms with Crippen molar-refractivity contribution < 1.29 is 0 Å². The predicted octanol–water partition coefficient (Wildman–Crippen LogP) is 2.63. The molecule has 1 heterocycles. The predicted molar refractivity (Wildman–Crippen MR) is 85.0 cm³/mol. The second kappa shape index (κ2) is 6.15. The molecule has 1 unspecified atom stereocenters. The van der Waals surface area contributed by atoms with E-state index in [1.807, 2.05) is 0 Å². The van der Waals surface area contributed by atoms with Crippen LogP contribution in [0.1, 0.15) is 37.8 Å². The third-order valence-corrected chi connectivity index (χ3v) is 4.71. The Morgan fingerprint density at radius 1 is 1.10 bits per heavy atom. The van der Waals surface area contributed by atoms with Gasteiger partial charge in [0.25, 0.3) is 0 Å². The summed E-state index contributed by atoms with van der Waals surface area (Å²) in [6.45, 7) is 8.22. The van der Waals surface area contributed by atoms with Crippen molar-refractivity contribution in [3.63, 3.8) is 0 Å².